The van der Waals surface area contributed by atoms with Gasteiger partial charge < -0.3 is 11.1 Å². The molecule has 3 N–H and O–H groups in total. The SMILES string of the molecule is NC(=O)c1c(NC(=O)Cc2ccc3ccccc3c2)sc2c1CCCCC2. The Bertz CT molecular complexity index is 1020. The number of fused-ring (bicyclic) bond motifs is 2. The topological polar surface area (TPSA) is 72.2 Å². The number of nitrogens with one attached hydrogen (secondary N) is 1. The number of rotatable bonds is 4. The zero-order chi connectivity index (χ0) is 18.8. The lowest BCUT2D eigenvalue weighted by molar-refractivity contribution is -0.115. The molecular formula is C22H22N2O2S. The van der Waals surface area contributed by atoms with Crippen LogP contribution in [0.2, 0.25) is 0 Å². The van der Waals surface area contributed by atoms with Gasteiger partial charge in [-0.05, 0) is 47.6 Å². The minimum absolute atomic E-state index is 0.121. The van der Waals surface area contributed by atoms with E-state index in [2.05, 4.69) is 11.4 Å². The van der Waals surface area contributed by atoms with E-state index in [4.69, 9.17) is 5.73 Å². The number of aryl methyl sites for hydroxylation is 1. The first-order chi connectivity index (χ1) is 13.1. The van der Waals surface area contributed by atoms with E-state index in [1.54, 1.807) is 0 Å². The second-order valence-electron chi connectivity index (χ2n) is 7.04. The van der Waals surface area contributed by atoms with Crippen LogP contribution in [-0.4, -0.2) is 11.8 Å². The Labute approximate surface area is 162 Å². The summed E-state index contributed by atoms with van der Waals surface area (Å²) >= 11 is 1.51. The lowest BCUT2D eigenvalue weighted by atomic mass is 10.0. The van der Waals surface area contributed by atoms with Gasteiger partial charge in [-0.1, -0.05) is 48.9 Å². The number of anilines is 1. The van der Waals surface area contributed by atoms with Crippen molar-refractivity contribution < 1.29 is 9.59 Å². The van der Waals surface area contributed by atoms with Crippen molar-refractivity contribution in [3.63, 3.8) is 0 Å². The van der Waals surface area contributed by atoms with Gasteiger partial charge in [0.25, 0.3) is 5.91 Å². The maximum Gasteiger partial charge on any atom is 0.251 e. The summed E-state index contributed by atoms with van der Waals surface area (Å²) in [6, 6.07) is 14.1. The third-order valence-electron chi connectivity index (χ3n) is 5.10. The second-order valence-corrected chi connectivity index (χ2v) is 8.14. The van der Waals surface area contributed by atoms with Crippen LogP contribution in [0, 0.1) is 0 Å². The Morgan fingerprint density at radius 3 is 2.59 bits per heavy atom. The largest absolute Gasteiger partial charge is 0.365 e. The van der Waals surface area contributed by atoms with Gasteiger partial charge in [0.15, 0.2) is 0 Å². The number of carbonyl (C=O) groups is 2. The monoisotopic (exact) mass is 378 g/mol. The van der Waals surface area contributed by atoms with Crippen molar-refractivity contribution in [2.24, 2.45) is 5.73 Å². The average molecular weight is 378 g/mol. The normalized spacial score (nSPS) is 13.8. The molecule has 1 heterocycles. The maximum atomic E-state index is 12.6. The van der Waals surface area contributed by atoms with Gasteiger partial charge >= 0.3 is 0 Å². The molecule has 0 saturated carbocycles. The fourth-order valence-electron chi connectivity index (χ4n) is 3.80. The van der Waals surface area contributed by atoms with E-state index in [1.807, 2.05) is 36.4 Å². The molecule has 0 bridgehead atoms. The summed E-state index contributed by atoms with van der Waals surface area (Å²) in [4.78, 5) is 25.8. The molecule has 1 aromatic heterocycles. The van der Waals surface area contributed by atoms with Gasteiger partial charge in [-0.15, -0.1) is 11.3 Å². The van der Waals surface area contributed by atoms with Crippen LogP contribution >= 0.6 is 11.3 Å². The van der Waals surface area contributed by atoms with Crippen molar-refractivity contribution >= 4 is 38.9 Å². The molecule has 4 rings (SSSR count). The van der Waals surface area contributed by atoms with Crippen molar-refractivity contribution in [3.8, 4) is 0 Å². The average Bonchev–Trinajstić information content (AvgIpc) is 2.82. The molecule has 138 valence electrons. The molecule has 0 atom stereocenters. The van der Waals surface area contributed by atoms with Crippen LogP contribution in [0.3, 0.4) is 0 Å². The first-order valence-electron chi connectivity index (χ1n) is 9.33. The van der Waals surface area contributed by atoms with Crippen molar-refractivity contribution in [2.75, 3.05) is 5.32 Å². The third kappa shape index (κ3) is 3.74. The molecule has 2 amide bonds. The van der Waals surface area contributed by atoms with Crippen LogP contribution < -0.4 is 11.1 Å². The number of amides is 2. The van der Waals surface area contributed by atoms with E-state index < -0.39 is 5.91 Å². The zero-order valence-corrected chi connectivity index (χ0v) is 15.9. The third-order valence-corrected chi connectivity index (χ3v) is 6.31. The quantitative estimate of drug-likeness (QED) is 0.658. The lowest BCUT2D eigenvalue weighted by Crippen LogP contribution is -2.19. The molecule has 0 radical (unpaired) electrons. The summed E-state index contributed by atoms with van der Waals surface area (Å²) in [6.45, 7) is 0. The summed E-state index contributed by atoms with van der Waals surface area (Å²) in [6.07, 6.45) is 5.45. The number of primary amides is 1. The number of nitrogens with two attached hydrogens (primary N) is 1. The van der Waals surface area contributed by atoms with Crippen LogP contribution in [0.1, 0.15) is 45.6 Å². The minimum Gasteiger partial charge on any atom is -0.365 e. The molecule has 0 unspecified atom stereocenters. The number of thiophene rings is 1. The fraction of sp³-hybridized carbons (Fsp3) is 0.273. The molecule has 0 spiro atoms. The summed E-state index contributed by atoms with van der Waals surface area (Å²) in [5.74, 6) is -0.570. The smallest absolute Gasteiger partial charge is 0.251 e. The van der Waals surface area contributed by atoms with Crippen LogP contribution in [0.5, 0.6) is 0 Å². The summed E-state index contributed by atoms with van der Waals surface area (Å²) in [5.41, 5.74) is 8.15. The van der Waals surface area contributed by atoms with Gasteiger partial charge in [-0.25, -0.2) is 0 Å². The van der Waals surface area contributed by atoms with E-state index >= 15 is 0 Å². The van der Waals surface area contributed by atoms with E-state index in [-0.39, 0.29) is 12.3 Å². The number of hydrogen-bond acceptors (Lipinski definition) is 3. The predicted molar refractivity (Wildman–Crippen MR) is 110 cm³/mol. The Hall–Kier alpha value is -2.66. The molecular weight excluding hydrogens is 356 g/mol. The fourth-order valence-corrected chi connectivity index (χ4v) is 5.11. The van der Waals surface area contributed by atoms with Crippen molar-refractivity contribution in [1.82, 2.24) is 0 Å². The van der Waals surface area contributed by atoms with Gasteiger partial charge in [0, 0.05) is 4.88 Å². The number of hydrogen-bond donors (Lipinski definition) is 2. The van der Waals surface area contributed by atoms with Crippen LogP contribution in [-0.2, 0) is 24.1 Å². The van der Waals surface area contributed by atoms with E-state index in [0.29, 0.717) is 10.6 Å². The Morgan fingerprint density at radius 2 is 1.78 bits per heavy atom. The Morgan fingerprint density at radius 1 is 1.00 bits per heavy atom. The standard InChI is InChI=1S/C22H22N2O2S/c23-21(26)20-17-8-2-1-3-9-18(17)27-22(20)24-19(25)13-14-10-11-15-6-4-5-7-16(15)12-14/h4-7,10-12H,1-3,8-9,13H2,(H2,23,26)(H,24,25). The second kappa shape index (κ2) is 7.53. The van der Waals surface area contributed by atoms with E-state index in [9.17, 15) is 9.59 Å². The molecule has 0 aliphatic heterocycles. The molecule has 4 nitrogen and oxygen atoms in total. The van der Waals surface area contributed by atoms with E-state index in [1.165, 1.54) is 22.6 Å². The first kappa shape index (κ1) is 17.7. The Kier molecular flexibility index (Phi) is 4.94. The highest BCUT2D eigenvalue weighted by molar-refractivity contribution is 7.17. The van der Waals surface area contributed by atoms with Gasteiger partial charge in [0.05, 0.1) is 12.0 Å². The highest BCUT2D eigenvalue weighted by atomic mass is 32.1. The molecule has 2 aromatic carbocycles. The number of benzene rings is 2. The highest BCUT2D eigenvalue weighted by Crippen LogP contribution is 2.37. The van der Waals surface area contributed by atoms with Gasteiger partial charge in [0.1, 0.15) is 5.00 Å². The molecule has 0 fully saturated rings. The molecule has 1 aliphatic rings. The van der Waals surface area contributed by atoms with Crippen molar-refractivity contribution in [1.29, 1.82) is 0 Å². The summed E-state index contributed by atoms with van der Waals surface area (Å²) in [5, 5.41) is 5.82. The predicted octanol–water partition coefficient (Wildman–Crippen LogP) is 4.45. The maximum absolute atomic E-state index is 12.6. The minimum atomic E-state index is -0.449. The molecule has 3 aromatic rings. The lowest BCUT2D eigenvalue weighted by Gasteiger charge is -2.07. The molecule has 27 heavy (non-hydrogen) atoms. The van der Waals surface area contributed by atoms with Gasteiger partial charge in [-0.3, -0.25) is 9.59 Å². The van der Waals surface area contributed by atoms with Crippen LogP contribution in [0.4, 0.5) is 5.00 Å². The van der Waals surface area contributed by atoms with Gasteiger partial charge in [-0.2, -0.15) is 0 Å². The molecule has 1 aliphatic carbocycles. The highest BCUT2D eigenvalue weighted by Gasteiger charge is 2.24. The number of carbonyl (C=O) groups excluding carboxylic acids is 2. The van der Waals surface area contributed by atoms with Crippen molar-refractivity contribution in [3.05, 3.63) is 64.0 Å². The Balaban J connectivity index is 1.56. The summed E-state index contributed by atoms with van der Waals surface area (Å²) in [7, 11) is 0. The molecule has 5 heteroatoms. The van der Waals surface area contributed by atoms with Crippen LogP contribution in [0.15, 0.2) is 42.5 Å². The van der Waals surface area contributed by atoms with Crippen molar-refractivity contribution in [2.45, 2.75) is 38.5 Å². The van der Waals surface area contributed by atoms with E-state index in [0.717, 1.165) is 47.6 Å². The van der Waals surface area contributed by atoms with Gasteiger partial charge in [0.2, 0.25) is 5.91 Å². The first-order valence-corrected chi connectivity index (χ1v) is 10.2. The zero-order valence-electron chi connectivity index (χ0n) is 15.1. The summed E-state index contributed by atoms with van der Waals surface area (Å²) < 4.78 is 0. The van der Waals surface area contributed by atoms with Crippen LogP contribution in [0.25, 0.3) is 10.8 Å². The molecule has 0 saturated heterocycles.